The van der Waals surface area contributed by atoms with Gasteiger partial charge in [0.25, 0.3) is 8.32 Å². The molecule has 0 aliphatic heterocycles. The van der Waals surface area contributed by atoms with E-state index >= 15 is 0 Å². The van der Waals surface area contributed by atoms with Crippen LogP contribution in [0.25, 0.3) is 0 Å². The number of benzene rings is 2. The Morgan fingerprint density at radius 2 is 1.42 bits per heavy atom. The zero-order valence-electron chi connectivity index (χ0n) is 16.1. The summed E-state index contributed by atoms with van der Waals surface area (Å²) in [7, 11) is -2.79. The van der Waals surface area contributed by atoms with Gasteiger partial charge in [-0.2, -0.15) is 0 Å². The Balaban J connectivity index is 2.73. The van der Waals surface area contributed by atoms with Crippen LogP contribution >= 0.6 is 0 Å². The molecule has 0 spiro atoms. The highest BCUT2D eigenvalue weighted by Crippen LogP contribution is 2.38. The Hall–Kier alpha value is -1.72. The zero-order valence-corrected chi connectivity index (χ0v) is 17.1. The van der Waals surface area contributed by atoms with Crippen LogP contribution in [0.15, 0.2) is 72.8 Å². The molecule has 0 amide bonds. The van der Waals surface area contributed by atoms with Crippen LogP contribution in [-0.4, -0.2) is 37.3 Å². The lowest BCUT2D eigenvalue weighted by atomic mass is 10.1. The fraction of sp³-hybridized carbons (Fsp3) is 0.364. The highest BCUT2D eigenvalue weighted by molar-refractivity contribution is 6.99. The molecule has 0 fully saturated rings. The summed E-state index contributed by atoms with van der Waals surface area (Å²) < 4.78 is 6.82. The van der Waals surface area contributed by atoms with Crippen molar-refractivity contribution >= 4 is 18.7 Å². The van der Waals surface area contributed by atoms with Gasteiger partial charge in [-0.3, -0.25) is 0 Å². The molecule has 140 valence electrons. The lowest BCUT2D eigenvalue weighted by Gasteiger charge is -2.46. The maximum atomic E-state index is 10.4. The van der Waals surface area contributed by atoms with Gasteiger partial charge in [0.15, 0.2) is 0 Å². The smallest absolute Gasteiger partial charge is 0.262 e. The Labute approximate surface area is 158 Å². The third kappa shape index (κ3) is 3.99. The lowest BCUT2D eigenvalue weighted by Crippen LogP contribution is -2.68. The van der Waals surface area contributed by atoms with Crippen molar-refractivity contribution in [1.82, 2.24) is 0 Å². The molecule has 0 saturated carbocycles. The van der Waals surface area contributed by atoms with Gasteiger partial charge in [0, 0.05) is 0 Å². The van der Waals surface area contributed by atoms with Gasteiger partial charge in [0.1, 0.15) is 6.10 Å². The maximum Gasteiger partial charge on any atom is 0.262 e. The highest BCUT2D eigenvalue weighted by Gasteiger charge is 2.52. The van der Waals surface area contributed by atoms with Crippen LogP contribution in [0.5, 0.6) is 0 Å². The summed E-state index contributed by atoms with van der Waals surface area (Å²) in [5.74, 6) is 0. The van der Waals surface area contributed by atoms with E-state index in [9.17, 15) is 10.2 Å². The summed E-state index contributed by atoms with van der Waals surface area (Å²) >= 11 is 0. The largest absolute Gasteiger partial charge is 0.398 e. The third-order valence-electron chi connectivity index (χ3n) is 4.74. The predicted molar refractivity (Wildman–Crippen MR) is 110 cm³/mol. The van der Waals surface area contributed by atoms with Crippen LogP contribution in [0.1, 0.15) is 27.7 Å². The van der Waals surface area contributed by atoms with E-state index in [4.69, 9.17) is 4.43 Å². The highest BCUT2D eigenvalue weighted by atomic mass is 28.4. The fourth-order valence-corrected chi connectivity index (χ4v) is 8.24. The van der Waals surface area contributed by atoms with Crippen LogP contribution in [0, 0.1) is 0 Å². The Kier molecular flexibility index (Phi) is 6.58. The van der Waals surface area contributed by atoms with Gasteiger partial charge in [-0.1, -0.05) is 93.6 Å². The van der Waals surface area contributed by atoms with Crippen molar-refractivity contribution in [1.29, 1.82) is 0 Å². The van der Waals surface area contributed by atoms with E-state index in [-0.39, 0.29) is 11.6 Å². The molecule has 2 N–H and O–H groups in total. The van der Waals surface area contributed by atoms with Crippen molar-refractivity contribution in [2.75, 3.05) is 6.61 Å². The van der Waals surface area contributed by atoms with Crippen LogP contribution in [0.2, 0.25) is 5.04 Å². The van der Waals surface area contributed by atoms with E-state index in [1.54, 1.807) is 0 Å². The van der Waals surface area contributed by atoms with E-state index in [0.29, 0.717) is 5.57 Å². The van der Waals surface area contributed by atoms with Gasteiger partial charge in [-0.05, 0) is 22.3 Å². The van der Waals surface area contributed by atoms with Crippen LogP contribution < -0.4 is 10.4 Å². The minimum atomic E-state index is -2.79. The summed E-state index contributed by atoms with van der Waals surface area (Å²) in [6.07, 6.45) is -1.64. The van der Waals surface area contributed by atoms with E-state index in [1.807, 2.05) is 43.3 Å². The maximum absolute atomic E-state index is 10.4. The van der Waals surface area contributed by atoms with Gasteiger partial charge >= 0.3 is 0 Å². The minimum Gasteiger partial charge on any atom is -0.398 e. The topological polar surface area (TPSA) is 49.7 Å². The van der Waals surface area contributed by atoms with Crippen molar-refractivity contribution < 1.29 is 14.6 Å². The van der Waals surface area contributed by atoms with Crippen molar-refractivity contribution in [3.63, 3.8) is 0 Å². The van der Waals surface area contributed by atoms with Crippen molar-refractivity contribution in [2.45, 2.75) is 44.9 Å². The molecule has 3 nitrogen and oxygen atoms in total. The molecule has 0 heterocycles. The average molecular weight is 371 g/mol. The third-order valence-corrected chi connectivity index (χ3v) is 9.76. The predicted octanol–water partition coefficient (Wildman–Crippen LogP) is 2.86. The second-order valence-corrected chi connectivity index (χ2v) is 12.1. The number of hydrogen-bond donors (Lipinski definition) is 2. The molecule has 4 heteroatoms. The SMILES string of the molecule is C=C(C)[C@H](O[Si](c1ccccc1)(c1ccccc1)C(C)(C)C)[C@@H](O)CO. The molecule has 0 unspecified atom stereocenters. The van der Waals surface area contributed by atoms with E-state index in [0.717, 1.165) is 10.4 Å². The van der Waals surface area contributed by atoms with Crippen molar-refractivity contribution in [2.24, 2.45) is 0 Å². The van der Waals surface area contributed by atoms with Gasteiger partial charge in [-0.25, -0.2) is 0 Å². The normalized spacial score (nSPS) is 14.7. The first-order valence-corrected chi connectivity index (χ1v) is 10.9. The summed E-state index contributed by atoms with van der Waals surface area (Å²) in [6.45, 7) is 12.0. The zero-order chi connectivity index (χ0) is 19.4. The first kappa shape index (κ1) is 20.6. The molecular formula is C22H30O3Si. The molecule has 2 rings (SSSR count). The number of hydrogen-bond acceptors (Lipinski definition) is 3. The standard InChI is InChI=1S/C22H30O3Si/c1-17(2)21(20(24)16-23)25-26(22(3,4)5,18-12-8-6-9-13-18)19-14-10-7-11-15-19/h6-15,20-21,23-24H,1,16H2,2-5H3/t20-,21-/m0/s1. The minimum absolute atomic E-state index is 0.196. The van der Waals surface area contributed by atoms with Crippen LogP contribution in [0.4, 0.5) is 0 Å². The van der Waals surface area contributed by atoms with Gasteiger partial charge in [0.05, 0.1) is 12.7 Å². The molecule has 0 radical (unpaired) electrons. The fourth-order valence-electron chi connectivity index (χ4n) is 3.49. The van der Waals surface area contributed by atoms with Gasteiger partial charge < -0.3 is 14.6 Å². The first-order chi connectivity index (χ1) is 12.2. The number of rotatable bonds is 7. The molecule has 2 atom stereocenters. The van der Waals surface area contributed by atoms with E-state index < -0.39 is 20.5 Å². The van der Waals surface area contributed by atoms with Crippen molar-refractivity contribution in [3.05, 3.63) is 72.8 Å². The molecule has 2 aromatic carbocycles. The summed E-state index contributed by atoms with van der Waals surface area (Å²) in [5.41, 5.74) is 0.708. The molecule has 0 aromatic heterocycles. The Bertz CT molecular complexity index is 668. The second-order valence-electron chi connectivity index (χ2n) is 7.80. The second kappa shape index (κ2) is 8.31. The number of aliphatic hydroxyl groups is 2. The lowest BCUT2D eigenvalue weighted by molar-refractivity contribution is 0.0119. The number of aliphatic hydroxyl groups excluding tert-OH is 2. The Morgan fingerprint density at radius 3 is 1.73 bits per heavy atom. The molecule has 26 heavy (non-hydrogen) atoms. The van der Waals surface area contributed by atoms with Crippen LogP contribution in [0.3, 0.4) is 0 Å². The summed E-state index contributed by atoms with van der Waals surface area (Å²) in [6, 6.07) is 20.5. The molecule has 0 aliphatic rings. The molecule has 2 aromatic rings. The average Bonchev–Trinajstić information content (AvgIpc) is 2.62. The van der Waals surface area contributed by atoms with Crippen molar-refractivity contribution in [3.8, 4) is 0 Å². The van der Waals surface area contributed by atoms with E-state index in [1.165, 1.54) is 0 Å². The molecule has 0 bridgehead atoms. The van der Waals surface area contributed by atoms with E-state index in [2.05, 4.69) is 51.6 Å². The summed E-state index contributed by atoms with van der Waals surface area (Å²) in [4.78, 5) is 0. The summed E-state index contributed by atoms with van der Waals surface area (Å²) in [5, 5.41) is 22.0. The quantitative estimate of drug-likeness (QED) is 0.582. The van der Waals surface area contributed by atoms with Gasteiger partial charge in [-0.15, -0.1) is 0 Å². The van der Waals surface area contributed by atoms with Crippen LogP contribution in [-0.2, 0) is 4.43 Å². The monoisotopic (exact) mass is 370 g/mol. The molecule has 0 aliphatic carbocycles. The first-order valence-electron chi connectivity index (χ1n) is 8.97. The molecule has 0 saturated heterocycles. The molecular weight excluding hydrogens is 340 g/mol. The Morgan fingerprint density at radius 1 is 1.00 bits per heavy atom. The van der Waals surface area contributed by atoms with Gasteiger partial charge in [0.2, 0.25) is 0 Å².